The van der Waals surface area contributed by atoms with E-state index in [0.717, 1.165) is 12.0 Å². The minimum absolute atomic E-state index is 0.0250. The molecule has 0 unspecified atom stereocenters. The fourth-order valence-electron chi connectivity index (χ4n) is 1.70. The van der Waals surface area contributed by atoms with Gasteiger partial charge in [0.15, 0.2) is 11.9 Å². The number of Topliss-reactive ketones (excluding diaryl/α,β-unsaturated/α-hetero) is 1. The molecule has 0 saturated heterocycles. The molecule has 24 heavy (non-hydrogen) atoms. The van der Waals surface area contributed by atoms with Crippen molar-refractivity contribution >= 4 is 35.5 Å². The highest BCUT2D eigenvalue weighted by molar-refractivity contribution is 7.98. The normalized spacial score (nSPS) is 11.3. The Morgan fingerprint density at radius 3 is 2.29 bits per heavy atom. The first-order valence-electron chi connectivity index (χ1n) is 7.13. The molecule has 0 saturated carbocycles. The maximum atomic E-state index is 12.0. The van der Waals surface area contributed by atoms with Crippen molar-refractivity contribution in [1.82, 2.24) is 5.32 Å². The number of ketones is 1. The SMILES string of the molecule is COC(=O)NC(=O)[C@@H](C)OC(=O)CCC(=O)c1ccc(SC)cc1. The summed E-state index contributed by atoms with van der Waals surface area (Å²) in [6.07, 6.45) is -0.342. The number of alkyl carbamates (subject to hydrolysis) is 1. The number of nitrogens with one attached hydrogen (secondary N) is 1. The molecule has 0 fully saturated rings. The van der Waals surface area contributed by atoms with Gasteiger partial charge >= 0.3 is 12.1 Å². The van der Waals surface area contributed by atoms with Crippen molar-refractivity contribution in [2.75, 3.05) is 13.4 Å². The second-order valence-electron chi connectivity index (χ2n) is 4.76. The van der Waals surface area contributed by atoms with E-state index in [9.17, 15) is 19.2 Å². The van der Waals surface area contributed by atoms with E-state index < -0.39 is 24.1 Å². The van der Waals surface area contributed by atoms with Crippen LogP contribution in [0.15, 0.2) is 29.2 Å². The van der Waals surface area contributed by atoms with E-state index in [2.05, 4.69) is 4.74 Å². The molecule has 0 aliphatic carbocycles. The monoisotopic (exact) mass is 353 g/mol. The number of thioether (sulfide) groups is 1. The Labute approximate surface area is 144 Å². The van der Waals surface area contributed by atoms with Gasteiger partial charge in [0.2, 0.25) is 0 Å². The third kappa shape index (κ3) is 6.41. The molecule has 1 rings (SSSR count). The van der Waals surface area contributed by atoms with Gasteiger partial charge in [0.25, 0.3) is 5.91 Å². The third-order valence-electron chi connectivity index (χ3n) is 3.06. The molecule has 0 spiro atoms. The van der Waals surface area contributed by atoms with Crippen LogP contribution in [0.4, 0.5) is 4.79 Å². The first-order valence-corrected chi connectivity index (χ1v) is 8.35. The lowest BCUT2D eigenvalue weighted by molar-refractivity contribution is -0.154. The van der Waals surface area contributed by atoms with Gasteiger partial charge in [-0.3, -0.25) is 19.7 Å². The molecule has 2 amide bonds. The molecule has 7 nitrogen and oxygen atoms in total. The highest BCUT2D eigenvalue weighted by Gasteiger charge is 2.20. The fourth-order valence-corrected chi connectivity index (χ4v) is 2.11. The molecule has 1 atom stereocenters. The number of carbonyl (C=O) groups excluding carboxylic acids is 4. The molecule has 0 aliphatic heterocycles. The van der Waals surface area contributed by atoms with Gasteiger partial charge in [-0.25, -0.2) is 4.79 Å². The number of hydrogen-bond acceptors (Lipinski definition) is 7. The Balaban J connectivity index is 2.43. The van der Waals surface area contributed by atoms with Crippen molar-refractivity contribution < 1.29 is 28.7 Å². The lowest BCUT2D eigenvalue weighted by Gasteiger charge is -2.12. The van der Waals surface area contributed by atoms with Gasteiger partial charge in [-0.2, -0.15) is 0 Å². The van der Waals surface area contributed by atoms with E-state index >= 15 is 0 Å². The second kappa shape index (κ2) is 9.71. The maximum absolute atomic E-state index is 12.0. The summed E-state index contributed by atoms with van der Waals surface area (Å²) < 4.78 is 9.13. The molecule has 0 radical (unpaired) electrons. The van der Waals surface area contributed by atoms with Crippen LogP contribution in [0.5, 0.6) is 0 Å². The topological polar surface area (TPSA) is 98.8 Å². The molecule has 0 aromatic heterocycles. The van der Waals surface area contributed by atoms with Crippen LogP contribution in [-0.2, 0) is 19.1 Å². The largest absolute Gasteiger partial charge is 0.453 e. The van der Waals surface area contributed by atoms with Crippen LogP contribution in [-0.4, -0.2) is 43.2 Å². The number of rotatable bonds is 7. The Morgan fingerprint density at radius 2 is 1.75 bits per heavy atom. The fraction of sp³-hybridized carbons (Fsp3) is 0.375. The third-order valence-corrected chi connectivity index (χ3v) is 3.80. The van der Waals surface area contributed by atoms with E-state index in [1.54, 1.807) is 23.9 Å². The Kier molecular flexibility index (Phi) is 7.97. The summed E-state index contributed by atoms with van der Waals surface area (Å²) in [5.41, 5.74) is 0.511. The first-order chi connectivity index (χ1) is 11.4. The van der Waals surface area contributed by atoms with Crippen molar-refractivity contribution in [3.8, 4) is 0 Å². The van der Waals surface area contributed by atoms with Crippen molar-refractivity contribution in [2.45, 2.75) is 30.8 Å². The zero-order valence-corrected chi connectivity index (χ0v) is 14.5. The summed E-state index contributed by atoms with van der Waals surface area (Å²) in [5.74, 6) is -1.68. The van der Waals surface area contributed by atoms with Gasteiger partial charge in [0, 0.05) is 16.9 Å². The van der Waals surface area contributed by atoms with E-state index in [0.29, 0.717) is 5.56 Å². The average molecular weight is 353 g/mol. The number of amides is 2. The predicted octanol–water partition coefficient (Wildman–Crippen LogP) is 2.19. The number of imide groups is 1. The van der Waals surface area contributed by atoms with Gasteiger partial charge in [0.1, 0.15) is 0 Å². The molecule has 1 aromatic carbocycles. The summed E-state index contributed by atoms with van der Waals surface area (Å²) >= 11 is 1.57. The number of esters is 1. The van der Waals surface area contributed by atoms with Crippen LogP contribution in [0.25, 0.3) is 0 Å². The van der Waals surface area contributed by atoms with Gasteiger partial charge in [-0.1, -0.05) is 12.1 Å². The highest BCUT2D eigenvalue weighted by atomic mass is 32.2. The van der Waals surface area contributed by atoms with E-state index in [-0.39, 0.29) is 18.6 Å². The molecular formula is C16H19NO6S. The van der Waals surface area contributed by atoms with Crippen LogP contribution in [0.3, 0.4) is 0 Å². The minimum atomic E-state index is -1.16. The van der Waals surface area contributed by atoms with Crippen molar-refractivity contribution in [3.05, 3.63) is 29.8 Å². The highest BCUT2D eigenvalue weighted by Crippen LogP contribution is 2.16. The molecule has 0 bridgehead atoms. The Morgan fingerprint density at radius 1 is 1.12 bits per heavy atom. The van der Waals surface area contributed by atoms with Crippen molar-refractivity contribution in [2.24, 2.45) is 0 Å². The van der Waals surface area contributed by atoms with Crippen LogP contribution in [0, 0.1) is 0 Å². The van der Waals surface area contributed by atoms with Gasteiger partial charge in [0.05, 0.1) is 13.5 Å². The van der Waals surface area contributed by atoms with Gasteiger partial charge in [-0.15, -0.1) is 11.8 Å². The summed E-state index contributed by atoms with van der Waals surface area (Å²) in [6, 6.07) is 7.06. The van der Waals surface area contributed by atoms with Crippen molar-refractivity contribution in [3.63, 3.8) is 0 Å². The summed E-state index contributed by atoms with van der Waals surface area (Å²) in [6.45, 7) is 1.32. The zero-order valence-electron chi connectivity index (χ0n) is 13.7. The number of hydrogen-bond donors (Lipinski definition) is 1. The standard InChI is InChI=1S/C16H19NO6S/c1-10(15(20)17-16(21)22-2)23-14(19)9-8-13(18)11-4-6-12(24-3)7-5-11/h4-7,10H,8-9H2,1-3H3,(H,17,20,21)/t10-/m1/s1. The number of benzene rings is 1. The van der Waals surface area contributed by atoms with Crippen LogP contribution in [0.2, 0.25) is 0 Å². The molecule has 0 aliphatic rings. The van der Waals surface area contributed by atoms with Crippen LogP contribution < -0.4 is 5.32 Å². The molecule has 1 aromatic rings. The number of ether oxygens (including phenoxy) is 2. The quantitative estimate of drug-likeness (QED) is 0.456. The second-order valence-corrected chi connectivity index (χ2v) is 5.64. The van der Waals surface area contributed by atoms with E-state index in [1.165, 1.54) is 6.92 Å². The molecule has 0 heterocycles. The number of methoxy groups -OCH3 is 1. The van der Waals surface area contributed by atoms with Crippen LogP contribution >= 0.6 is 11.8 Å². The summed E-state index contributed by atoms with van der Waals surface area (Å²) in [5, 5.41) is 1.89. The Bertz CT molecular complexity index is 613. The molecule has 130 valence electrons. The summed E-state index contributed by atoms with van der Waals surface area (Å²) in [7, 11) is 1.11. The van der Waals surface area contributed by atoms with Gasteiger partial charge in [-0.05, 0) is 25.3 Å². The molecular weight excluding hydrogens is 334 g/mol. The number of carbonyl (C=O) groups is 4. The van der Waals surface area contributed by atoms with Crippen molar-refractivity contribution in [1.29, 1.82) is 0 Å². The lowest BCUT2D eigenvalue weighted by Crippen LogP contribution is -2.39. The average Bonchev–Trinajstić information content (AvgIpc) is 2.59. The van der Waals surface area contributed by atoms with E-state index in [4.69, 9.17) is 4.74 Å². The van der Waals surface area contributed by atoms with Gasteiger partial charge < -0.3 is 9.47 Å². The van der Waals surface area contributed by atoms with Crippen LogP contribution in [0.1, 0.15) is 30.1 Å². The van der Waals surface area contributed by atoms with E-state index in [1.807, 2.05) is 23.7 Å². The Hall–Kier alpha value is -2.35. The molecule has 1 N–H and O–H groups in total. The zero-order chi connectivity index (χ0) is 18.1. The molecule has 8 heteroatoms. The lowest BCUT2D eigenvalue weighted by atomic mass is 10.1. The minimum Gasteiger partial charge on any atom is -0.453 e. The smallest absolute Gasteiger partial charge is 0.413 e. The predicted molar refractivity (Wildman–Crippen MR) is 87.9 cm³/mol. The first kappa shape index (κ1) is 19.7. The summed E-state index contributed by atoms with van der Waals surface area (Å²) in [4.78, 5) is 47.1. The maximum Gasteiger partial charge on any atom is 0.413 e.